The van der Waals surface area contributed by atoms with Crippen molar-refractivity contribution < 1.29 is 14.6 Å². The lowest BCUT2D eigenvalue weighted by Crippen LogP contribution is -2.06. The predicted molar refractivity (Wildman–Crippen MR) is 51.3 cm³/mol. The highest BCUT2D eigenvalue weighted by molar-refractivity contribution is 5.87. The molecule has 1 rings (SSSR count). The molecule has 0 aliphatic heterocycles. The minimum Gasteiger partial charge on any atom is -0.478 e. The number of carboxylic acids is 1. The van der Waals surface area contributed by atoms with E-state index in [1.807, 2.05) is 0 Å². The SMILES string of the molecule is CC(=NN)Oc1ccc(C(=O)O)cc1. The first-order valence-corrected chi connectivity index (χ1v) is 3.89. The maximum Gasteiger partial charge on any atom is 0.335 e. The first kappa shape index (κ1) is 10.0. The van der Waals surface area contributed by atoms with Crippen molar-refractivity contribution in [2.75, 3.05) is 0 Å². The van der Waals surface area contributed by atoms with Crippen LogP contribution >= 0.6 is 0 Å². The van der Waals surface area contributed by atoms with Gasteiger partial charge in [0.2, 0.25) is 5.90 Å². The Labute approximate surface area is 80.8 Å². The van der Waals surface area contributed by atoms with Crippen molar-refractivity contribution in [2.24, 2.45) is 10.9 Å². The highest BCUT2D eigenvalue weighted by Gasteiger charge is 2.02. The first-order valence-electron chi connectivity index (χ1n) is 3.89. The summed E-state index contributed by atoms with van der Waals surface area (Å²) in [5.41, 5.74) is 0.208. The summed E-state index contributed by atoms with van der Waals surface area (Å²) in [5, 5.41) is 11.9. The summed E-state index contributed by atoms with van der Waals surface area (Å²) in [5.74, 6) is 4.81. The fourth-order valence-corrected chi connectivity index (χ4v) is 0.862. The number of hydrogen-bond acceptors (Lipinski definition) is 4. The Morgan fingerprint density at radius 1 is 1.43 bits per heavy atom. The number of carbonyl (C=O) groups is 1. The molecule has 0 radical (unpaired) electrons. The molecule has 0 unspecified atom stereocenters. The summed E-state index contributed by atoms with van der Waals surface area (Å²) in [7, 11) is 0. The summed E-state index contributed by atoms with van der Waals surface area (Å²) in [4.78, 5) is 10.5. The van der Waals surface area contributed by atoms with Crippen molar-refractivity contribution >= 4 is 11.9 Å². The highest BCUT2D eigenvalue weighted by atomic mass is 16.5. The number of nitrogens with two attached hydrogens (primary N) is 1. The van der Waals surface area contributed by atoms with Gasteiger partial charge in [0.15, 0.2) is 0 Å². The molecule has 0 aliphatic rings. The van der Waals surface area contributed by atoms with E-state index in [2.05, 4.69) is 5.10 Å². The maximum atomic E-state index is 10.5. The molecule has 0 fully saturated rings. The molecule has 0 amide bonds. The van der Waals surface area contributed by atoms with Gasteiger partial charge in [-0.05, 0) is 24.3 Å². The zero-order chi connectivity index (χ0) is 10.6. The Balaban J connectivity index is 2.79. The summed E-state index contributed by atoms with van der Waals surface area (Å²) < 4.78 is 5.13. The molecule has 74 valence electrons. The second kappa shape index (κ2) is 4.27. The molecule has 5 nitrogen and oxygen atoms in total. The summed E-state index contributed by atoms with van der Waals surface area (Å²) in [6.07, 6.45) is 0. The Kier molecular flexibility index (Phi) is 3.06. The van der Waals surface area contributed by atoms with Crippen molar-refractivity contribution in [3.8, 4) is 5.75 Å². The van der Waals surface area contributed by atoms with E-state index < -0.39 is 5.97 Å². The second-order valence-electron chi connectivity index (χ2n) is 2.58. The third kappa shape index (κ3) is 2.48. The largest absolute Gasteiger partial charge is 0.478 e. The molecule has 0 aliphatic carbocycles. The van der Waals surface area contributed by atoms with Crippen LogP contribution in [-0.2, 0) is 0 Å². The van der Waals surface area contributed by atoms with Crippen LogP contribution in [0.5, 0.6) is 5.75 Å². The van der Waals surface area contributed by atoms with Gasteiger partial charge in [0.25, 0.3) is 0 Å². The highest BCUT2D eigenvalue weighted by Crippen LogP contribution is 2.12. The average Bonchev–Trinajstić information content (AvgIpc) is 2.18. The van der Waals surface area contributed by atoms with Gasteiger partial charge in [0.05, 0.1) is 5.56 Å². The third-order valence-electron chi connectivity index (χ3n) is 1.55. The molecule has 0 bridgehead atoms. The van der Waals surface area contributed by atoms with E-state index in [0.29, 0.717) is 11.6 Å². The van der Waals surface area contributed by atoms with Gasteiger partial charge in [0, 0.05) is 6.92 Å². The lowest BCUT2D eigenvalue weighted by Gasteiger charge is -2.03. The molecule has 3 N–H and O–H groups in total. The topological polar surface area (TPSA) is 84.9 Å². The number of nitrogens with zero attached hydrogens (tertiary/aromatic N) is 1. The number of hydrogen-bond donors (Lipinski definition) is 2. The number of hydrazone groups is 1. The van der Waals surface area contributed by atoms with Crippen LogP contribution < -0.4 is 10.6 Å². The van der Waals surface area contributed by atoms with Gasteiger partial charge in [0.1, 0.15) is 5.75 Å². The van der Waals surface area contributed by atoms with E-state index in [1.165, 1.54) is 24.3 Å². The fraction of sp³-hybridized carbons (Fsp3) is 0.111. The number of benzene rings is 1. The van der Waals surface area contributed by atoms with Crippen molar-refractivity contribution in [3.05, 3.63) is 29.8 Å². The molecular weight excluding hydrogens is 184 g/mol. The van der Waals surface area contributed by atoms with Gasteiger partial charge in [-0.15, -0.1) is 5.10 Å². The second-order valence-corrected chi connectivity index (χ2v) is 2.58. The van der Waals surface area contributed by atoms with Crippen molar-refractivity contribution in [2.45, 2.75) is 6.92 Å². The lowest BCUT2D eigenvalue weighted by atomic mass is 10.2. The molecule has 5 heteroatoms. The molecule has 0 heterocycles. The minimum absolute atomic E-state index is 0.208. The summed E-state index contributed by atoms with van der Waals surface area (Å²) in [6, 6.07) is 5.97. The number of rotatable bonds is 2. The molecule has 1 aromatic carbocycles. The minimum atomic E-state index is -0.972. The quantitative estimate of drug-likeness (QED) is 0.319. The fourth-order valence-electron chi connectivity index (χ4n) is 0.862. The molecule has 0 spiro atoms. The number of ether oxygens (including phenoxy) is 1. The van der Waals surface area contributed by atoms with Gasteiger partial charge < -0.3 is 15.7 Å². The Hall–Kier alpha value is -2.04. The molecular formula is C9H10N2O3. The van der Waals surface area contributed by atoms with Crippen LogP contribution in [0.2, 0.25) is 0 Å². The Bertz CT molecular complexity index is 357. The van der Waals surface area contributed by atoms with Crippen LogP contribution in [0.4, 0.5) is 0 Å². The van der Waals surface area contributed by atoms with Crippen LogP contribution in [0.3, 0.4) is 0 Å². The molecule has 14 heavy (non-hydrogen) atoms. The van der Waals surface area contributed by atoms with Crippen molar-refractivity contribution in [3.63, 3.8) is 0 Å². The zero-order valence-corrected chi connectivity index (χ0v) is 7.60. The Morgan fingerprint density at radius 2 is 2.00 bits per heavy atom. The lowest BCUT2D eigenvalue weighted by molar-refractivity contribution is 0.0697. The molecule has 1 aromatic rings. The normalized spacial score (nSPS) is 11.1. The number of aromatic carboxylic acids is 1. The van der Waals surface area contributed by atoms with E-state index in [9.17, 15) is 4.79 Å². The molecule has 0 saturated heterocycles. The monoisotopic (exact) mass is 194 g/mol. The molecule has 0 atom stereocenters. The van der Waals surface area contributed by atoms with Gasteiger partial charge in [-0.1, -0.05) is 0 Å². The maximum absolute atomic E-state index is 10.5. The van der Waals surface area contributed by atoms with E-state index in [0.717, 1.165) is 0 Å². The van der Waals surface area contributed by atoms with E-state index in [-0.39, 0.29) is 5.56 Å². The smallest absolute Gasteiger partial charge is 0.335 e. The molecule has 0 aromatic heterocycles. The summed E-state index contributed by atoms with van der Waals surface area (Å²) >= 11 is 0. The zero-order valence-electron chi connectivity index (χ0n) is 7.60. The van der Waals surface area contributed by atoms with E-state index in [4.69, 9.17) is 15.7 Å². The van der Waals surface area contributed by atoms with E-state index >= 15 is 0 Å². The predicted octanol–water partition coefficient (Wildman–Crippen LogP) is 1.06. The first-order chi connectivity index (χ1) is 6.63. The van der Waals surface area contributed by atoms with Crippen molar-refractivity contribution in [1.29, 1.82) is 0 Å². The summed E-state index contributed by atoms with van der Waals surface area (Å²) in [6.45, 7) is 1.60. The van der Waals surface area contributed by atoms with Gasteiger partial charge >= 0.3 is 5.97 Å². The Morgan fingerprint density at radius 3 is 2.43 bits per heavy atom. The number of carboxylic acid groups (broad SMARTS) is 1. The third-order valence-corrected chi connectivity index (χ3v) is 1.55. The van der Waals surface area contributed by atoms with E-state index in [1.54, 1.807) is 6.92 Å². The van der Waals surface area contributed by atoms with Crippen LogP contribution in [0.25, 0.3) is 0 Å². The van der Waals surface area contributed by atoms with Gasteiger partial charge in [-0.3, -0.25) is 0 Å². The van der Waals surface area contributed by atoms with Crippen LogP contribution in [0.1, 0.15) is 17.3 Å². The van der Waals surface area contributed by atoms with Gasteiger partial charge in [-0.25, -0.2) is 4.79 Å². The van der Waals surface area contributed by atoms with Crippen molar-refractivity contribution in [1.82, 2.24) is 0 Å². The standard InChI is InChI=1S/C9H10N2O3/c1-6(11-10)14-8-4-2-7(3-5-8)9(12)13/h2-5H,10H2,1H3,(H,12,13). The van der Waals surface area contributed by atoms with Gasteiger partial charge in [-0.2, -0.15) is 0 Å². The average molecular weight is 194 g/mol. The van der Waals surface area contributed by atoms with Crippen LogP contribution in [0.15, 0.2) is 29.4 Å². The molecule has 0 saturated carbocycles. The van der Waals surface area contributed by atoms with Crippen LogP contribution in [0, 0.1) is 0 Å². The van der Waals surface area contributed by atoms with Crippen LogP contribution in [-0.4, -0.2) is 17.0 Å².